The van der Waals surface area contributed by atoms with Crippen LogP contribution in [-0.4, -0.2) is 23.1 Å². The van der Waals surface area contributed by atoms with E-state index in [2.05, 4.69) is 16.6 Å². The molecule has 1 atom stereocenters. The molecule has 1 aromatic carbocycles. The number of hydrogen-bond donors (Lipinski definition) is 3. The predicted molar refractivity (Wildman–Crippen MR) is 71.7 cm³/mol. The van der Waals surface area contributed by atoms with Crippen molar-refractivity contribution in [3.63, 3.8) is 0 Å². The number of carbonyl (C=O) groups excluding carboxylic acids is 1. The van der Waals surface area contributed by atoms with Gasteiger partial charge in [-0.05, 0) is 11.6 Å². The van der Waals surface area contributed by atoms with Crippen molar-refractivity contribution in [3.05, 3.63) is 34.9 Å². The summed E-state index contributed by atoms with van der Waals surface area (Å²) in [5.41, 5.74) is 0.739. The zero-order valence-electron chi connectivity index (χ0n) is 10.0. The summed E-state index contributed by atoms with van der Waals surface area (Å²) in [5.74, 6) is 1.02. The number of carbonyl (C=O) groups is 2. The number of carboxylic acids is 1. The molecule has 0 aromatic heterocycles. The van der Waals surface area contributed by atoms with E-state index < -0.39 is 18.0 Å². The lowest BCUT2D eigenvalue weighted by atomic mass is 10.2. The Morgan fingerprint density at radius 1 is 1.42 bits per heavy atom. The Balaban J connectivity index is 2.50. The Bertz CT molecular complexity index is 511. The molecule has 0 saturated heterocycles. The maximum absolute atomic E-state index is 11.5. The average Bonchev–Trinajstić information content (AvgIpc) is 2.37. The second kappa shape index (κ2) is 7.29. The van der Waals surface area contributed by atoms with Gasteiger partial charge in [0.1, 0.15) is 6.04 Å². The molecule has 19 heavy (non-hydrogen) atoms. The molecule has 1 rings (SSSR count). The number of benzene rings is 1. The van der Waals surface area contributed by atoms with Gasteiger partial charge in [0.2, 0.25) is 0 Å². The highest BCUT2D eigenvalue weighted by atomic mass is 35.5. The van der Waals surface area contributed by atoms with E-state index in [4.69, 9.17) is 23.1 Å². The summed E-state index contributed by atoms with van der Waals surface area (Å²) in [6, 6.07) is 5.32. The molecule has 5 nitrogen and oxygen atoms in total. The van der Waals surface area contributed by atoms with Crippen LogP contribution >= 0.6 is 11.6 Å². The maximum atomic E-state index is 11.5. The second-order valence-corrected chi connectivity index (χ2v) is 4.12. The molecule has 0 aliphatic heterocycles. The third-order valence-electron chi connectivity index (χ3n) is 2.32. The normalized spacial score (nSPS) is 11.2. The molecule has 1 unspecified atom stereocenters. The summed E-state index contributed by atoms with van der Waals surface area (Å²) < 4.78 is 0. The zero-order chi connectivity index (χ0) is 14.3. The van der Waals surface area contributed by atoms with E-state index in [9.17, 15) is 9.59 Å². The summed E-state index contributed by atoms with van der Waals surface area (Å²) in [6.45, 7) is 0.202. The fourth-order valence-electron chi connectivity index (χ4n) is 1.34. The molecule has 2 amide bonds. The number of halogens is 1. The van der Waals surface area contributed by atoms with Crippen molar-refractivity contribution in [1.29, 1.82) is 0 Å². The van der Waals surface area contributed by atoms with Crippen LogP contribution < -0.4 is 10.6 Å². The van der Waals surface area contributed by atoms with Gasteiger partial charge in [0.05, 0.1) is 0 Å². The molecule has 0 spiro atoms. The lowest BCUT2D eigenvalue weighted by molar-refractivity contribution is -0.139. The summed E-state index contributed by atoms with van der Waals surface area (Å²) in [7, 11) is 0. The molecule has 0 aliphatic rings. The fraction of sp³-hybridized carbons (Fsp3) is 0.231. The smallest absolute Gasteiger partial charge is 0.327 e. The SMILES string of the molecule is C#CCC(NC(=O)NCc1ccccc1Cl)C(=O)O. The Morgan fingerprint density at radius 2 is 2.11 bits per heavy atom. The van der Waals surface area contributed by atoms with E-state index in [1.807, 2.05) is 0 Å². The highest BCUT2D eigenvalue weighted by Crippen LogP contribution is 2.14. The Morgan fingerprint density at radius 3 is 2.68 bits per heavy atom. The molecule has 0 heterocycles. The Kier molecular flexibility index (Phi) is 5.71. The van der Waals surface area contributed by atoms with Crippen LogP contribution in [0.1, 0.15) is 12.0 Å². The topological polar surface area (TPSA) is 78.4 Å². The van der Waals surface area contributed by atoms with E-state index in [-0.39, 0.29) is 13.0 Å². The summed E-state index contributed by atoms with van der Waals surface area (Å²) in [6.07, 6.45) is 4.95. The minimum absolute atomic E-state index is 0.0746. The molecule has 6 heteroatoms. The van der Waals surface area contributed by atoms with Crippen molar-refractivity contribution >= 4 is 23.6 Å². The molecule has 0 saturated carbocycles. The monoisotopic (exact) mass is 280 g/mol. The number of urea groups is 1. The standard InChI is InChI=1S/C13H13ClN2O3/c1-2-5-11(12(17)18)16-13(19)15-8-9-6-3-4-7-10(9)14/h1,3-4,6-7,11H,5,8H2,(H,17,18)(H2,15,16,19). The lowest BCUT2D eigenvalue weighted by Crippen LogP contribution is -2.45. The number of rotatable bonds is 5. The van der Waals surface area contributed by atoms with Gasteiger partial charge in [-0.15, -0.1) is 12.3 Å². The van der Waals surface area contributed by atoms with Gasteiger partial charge in [-0.25, -0.2) is 9.59 Å². The molecule has 3 N–H and O–H groups in total. The van der Waals surface area contributed by atoms with Crippen LogP contribution in [0.25, 0.3) is 0 Å². The number of aliphatic carboxylic acids is 1. The van der Waals surface area contributed by atoms with Gasteiger partial charge in [-0.1, -0.05) is 29.8 Å². The number of terminal acetylenes is 1. The van der Waals surface area contributed by atoms with Gasteiger partial charge in [0.25, 0.3) is 0 Å². The highest BCUT2D eigenvalue weighted by molar-refractivity contribution is 6.31. The van der Waals surface area contributed by atoms with Gasteiger partial charge in [0, 0.05) is 18.0 Å². The summed E-state index contributed by atoms with van der Waals surface area (Å²) >= 11 is 5.92. The molecule has 0 aliphatic carbocycles. The third kappa shape index (κ3) is 4.90. The van der Waals surface area contributed by atoms with E-state index >= 15 is 0 Å². The van der Waals surface area contributed by atoms with Crippen LogP contribution in [0.5, 0.6) is 0 Å². The molecule has 1 aromatic rings. The first kappa shape index (κ1) is 14.9. The number of carboxylic acid groups (broad SMARTS) is 1. The summed E-state index contributed by atoms with van der Waals surface area (Å²) in [5, 5.41) is 14.1. The molecular weight excluding hydrogens is 268 g/mol. The van der Waals surface area contributed by atoms with Crippen LogP contribution in [0.2, 0.25) is 5.02 Å². The first-order valence-corrected chi connectivity index (χ1v) is 5.86. The number of hydrogen-bond acceptors (Lipinski definition) is 2. The highest BCUT2D eigenvalue weighted by Gasteiger charge is 2.18. The molecule has 0 fully saturated rings. The van der Waals surface area contributed by atoms with Gasteiger partial charge < -0.3 is 15.7 Å². The van der Waals surface area contributed by atoms with Crippen LogP contribution in [0.15, 0.2) is 24.3 Å². The lowest BCUT2D eigenvalue weighted by Gasteiger charge is -2.13. The van der Waals surface area contributed by atoms with E-state index in [1.54, 1.807) is 24.3 Å². The average molecular weight is 281 g/mol. The number of nitrogens with one attached hydrogen (secondary N) is 2. The van der Waals surface area contributed by atoms with Gasteiger partial charge >= 0.3 is 12.0 Å². The minimum Gasteiger partial charge on any atom is -0.480 e. The molecule has 0 radical (unpaired) electrons. The molecular formula is C13H13ClN2O3. The Labute approximate surface area is 116 Å². The van der Waals surface area contributed by atoms with Crippen LogP contribution in [0, 0.1) is 12.3 Å². The first-order chi connectivity index (χ1) is 9.04. The molecule has 100 valence electrons. The predicted octanol–water partition coefficient (Wildman–Crippen LogP) is 1.62. The molecule has 0 bridgehead atoms. The van der Waals surface area contributed by atoms with Gasteiger partial charge in [0.15, 0.2) is 0 Å². The van der Waals surface area contributed by atoms with Gasteiger partial charge in [-0.2, -0.15) is 0 Å². The van der Waals surface area contributed by atoms with Crippen LogP contribution in [-0.2, 0) is 11.3 Å². The minimum atomic E-state index is -1.18. The van der Waals surface area contributed by atoms with Crippen molar-refractivity contribution in [2.45, 2.75) is 19.0 Å². The zero-order valence-corrected chi connectivity index (χ0v) is 10.8. The van der Waals surface area contributed by atoms with E-state index in [1.165, 1.54) is 0 Å². The first-order valence-electron chi connectivity index (χ1n) is 5.48. The van der Waals surface area contributed by atoms with E-state index in [0.29, 0.717) is 5.02 Å². The Hall–Kier alpha value is -2.19. The fourth-order valence-corrected chi connectivity index (χ4v) is 1.55. The van der Waals surface area contributed by atoms with Crippen LogP contribution in [0.3, 0.4) is 0 Å². The number of amides is 2. The largest absolute Gasteiger partial charge is 0.480 e. The van der Waals surface area contributed by atoms with E-state index in [0.717, 1.165) is 5.56 Å². The van der Waals surface area contributed by atoms with Crippen molar-refractivity contribution < 1.29 is 14.7 Å². The maximum Gasteiger partial charge on any atom is 0.327 e. The quantitative estimate of drug-likeness (QED) is 0.717. The third-order valence-corrected chi connectivity index (χ3v) is 2.69. The van der Waals surface area contributed by atoms with Crippen molar-refractivity contribution in [3.8, 4) is 12.3 Å². The van der Waals surface area contributed by atoms with Crippen LogP contribution in [0.4, 0.5) is 4.79 Å². The van der Waals surface area contributed by atoms with Gasteiger partial charge in [-0.3, -0.25) is 0 Å². The second-order valence-electron chi connectivity index (χ2n) is 3.72. The van der Waals surface area contributed by atoms with Crippen molar-refractivity contribution in [2.24, 2.45) is 0 Å². The summed E-state index contributed by atoms with van der Waals surface area (Å²) in [4.78, 5) is 22.3. The van der Waals surface area contributed by atoms with Crippen molar-refractivity contribution in [1.82, 2.24) is 10.6 Å². The van der Waals surface area contributed by atoms with Crippen molar-refractivity contribution in [2.75, 3.05) is 0 Å².